The smallest absolute Gasteiger partial charge is 0.372 e. The van der Waals surface area contributed by atoms with Gasteiger partial charge in [-0.25, -0.2) is 9.67 Å². The van der Waals surface area contributed by atoms with Crippen molar-refractivity contribution in [1.82, 2.24) is 19.7 Å². The molecule has 22 heavy (non-hydrogen) atoms. The second-order valence-electron chi connectivity index (χ2n) is 4.19. The highest BCUT2D eigenvalue weighted by Crippen LogP contribution is 2.34. The number of halogens is 5. The number of anilines is 3. The predicted octanol–water partition coefficient (Wildman–Crippen LogP) is 3.18. The highest BCUT2D eigenvalue weighted by atomic mass is 19.4. The fraction of sp³-hybridized carbons (Fsp3) is 0.364. The monoisotopic (exact) mass is 322 g/mol. The van der Waals surface area contributed by atoms with Crippen LogP contribution in [0.4, 0.5) is 39.4 Å². The van der Waals surface area contributed by atoms with Gasteiger partial charge in [0, 0.05) is 13.2 Å². The Kier molecular flexibility index (Phi) is 4.15. The van der Waals surface area contributed by atoms with E-state index >= 15 is 0 Å². The molecule has 6 nitrogen and oxygen atoms in total. The lowest BCUT2D eigenvalue weighted by atomic mass is 10.3. The predicted molar refractivity (Wildman–Crippen MR) is 68.1 cm³/mol. The molecular formula is C11H11F5N6. The van der Waals surface area contributed by atoms with Crippen molar-refractivity contribution >= 4 is 17.5 Å². The Morgan fingerprint density at radius 3 is 2.41 bits per heavy atom. The summed E-state index contributed by atoms with van der Waals surface area (Å²) in [5, 5.41) is 8.33. The van der Waals surface area contributed by atoms with E-state index in [1.54, 1.807) is 0 Å². The van der Waals surface area contributed by atoms with Crippen LogP contribution in [0.5, 0.6) is 0 Å². The zero-order valence-corrected chi connectivity index (χ0v) is 11.4. The van der Waals surface area contributed by atoms with Crippen LogP contribution in [0.15, 0.2) is 12.4 Å². The summed E-state index contributed by atoms with van der Waals surface area (Å²) >= 11 is 0. The van der Waals surface area contributed by atoms with Crippen molar-refractivity contribution in [2.75, 3.05) is 17.7 Å². The molecule has 2 aromatic rings. The molecule has 0 amide bonds. The Labute approximate surface area is 121 Å². The molecule has 0 aliphatic heterocycles. The van der Waals surface area contributed by atoms with Gasteiger partial charge in [0.05, 0.1) is 17.6 Å². The molecule has 0 radical (unpaired) electrons. The molecule has 0 aromatic carbocycles. The molecular weight excluding hydrogens is 311 g/mol. The van der Waals surface area contributed by atoms with E-state index in [9.17, 15) is 22.0 Å². The topological polar surface area (TPSA) is 67.7 Å². The van der Waals surface area contributed by atoms with Gasteiger partial charge in [0.1, 0.15) is 11.4 Å². The molecule has 0 unspecified atom stereocenters. The maximum Gasteiger partial charge on any atom is 0.421 e. The van der Waals surface area contributed by atoms with E-state index in [2.05, 4.69) is 25.7 Å². The maximum atomic E-state index is 12.7. The van der Waals surface area contributed by atoms with Gasteiger partial charge < -0.3 is 10.6 Å². The second-order valence-corrected chi connectivity index (χ2v) is 4.19. The fourth-order valence-electron chi connectivity index (χ4n) is 1.70. The lowest BCUT2D eigenvalue weighted by Crippen LogP contribution is -2.12. The van der Waals surface area contributed by atoms with Crippen molar-refractivity contribution in [3.8, 4) is 0 Å². The van der Waals surface area contributed by atoms with Crippen molar-refractivity contribution in [2.45, 2.75) is 19.6 Å². The number of aromatic nitrogens is 4. The minimum atomic E-state index is -4.60. The first-order valence-electron chi connectivity index (χ1n) is 5.95. The van der Waals surface area contributed by atoms with Gasteiger partial charge in [-0.3, -0.25) is 0 Å². The lowest BCUT2D eigenvalue weighted by Gasteiger charge is -2.12. The quantitative estimate of drug-likeness (QED) is 0.846. The van der Waals surface area contributed by atoms with E-state index in [1.165, 1.54) is 14.0 Å². The summed E-state index contributed by atoms with van der Waals surface area (Å²) in [6.07, 6.45) is -2.89. The van der Waals surface area contributed by atoms with E-state index in [0.29, 0.717) is 10.9 Å². The van der Waals surface area contributed by atoms with Crippen LogP contribution in [-0.2, 0) is 6.18 Å². The summed E-state index contributed by atoms with van der Waals surface area (Å²) in [6.45, 7) is -1.44. The van der Waals surface area contributed by atoms with Crippen LogP contribution in [0.1, 0.15) is 17.8 Å². The summed E-state index contributed by atoms with van der Waals surface area (Å²) in [5.41, 5.74) is -0.757. The van der Waals surface area contributed by atoms with Crippen LogP contribution < -0.4 is 10.6 Å². The van der Waals surface area contributed by atoms with Crippen molar-refractivity contribution in [3.05, 3.63) is 23.7 Å². The van der Waals surface area contributed by atoms with Crippen LogP contribution in [-0.4, -0.2) is 26.8 Å². The Morgan fingerprint density at radius 1 is 1.23 bits per heavy atom. The molecule has 0 spiro atoms. The van der Waals surface area contributed by atoms with E-state index in [1.807, 2.05) is 0 Å². The highest BCUT2D eigenvalue weighted by Gasteiger charge is 2.35. The number of alkyl halides is 5. The number of hydrogen-bond donors (Lipinski definition) is 2. The number of nitrogens with one attached hydrogen (secondary N) is 2. The van der Waals surface area contributed by atoms with Gasteiger partial charge in [0.2, 0.25) is 5.95 Å². The van der Waals surface area contributed by atoms with Crippen LogP contribution >= 0.6 is 0 Å². The molecule has 11 heteroatoms. The molecule has 2 heterocycles. The molecule has 0 fully saturated rings. The molecule has 120 valence electrons. The van der Waals surface area contributed by atoms with Crippen molar-refractivity contribution in [2.24, 2.45) is 0 Å². The molecule has 0 aliphatic carbocycles. The standard InChI is InChI=1S/C11H11F5N6/c1-5-7(4-19-22(5)9(12)13)20-10-18-3-6(11(14,15)16)8(17-2)21-10/h3-4,9H,1-2H3,(H2,17,18,20,21). The highest BCUT2D eigenvalue weighted by molar-refractivity contribution is 5.57. The van der Waals surface area contributed by atoms with Gasteiger partial charge in [-0.05, 0) is 6.92 Å². The molecule has 2 N–H and O–H groups in total. The third-order valence-electron chi connectivity index (χ3n) is 2.81. The lowest BCUT2D eigenvalue weighted by molar-refractivity contribution is -0.137. The second kappa shape index (κ2) is 5.73. The van der Waals surface area contributed by atoms with E-state index < -0.39 is 24.1 Å². The first-order chi connectivity index (χ1) is 10.2. The summed E-state index contributed by atoms with van der Waals surface area (Å²) in [7, 11) is 1.28. The maximum absolute atomic E-state index is 12.7. The first-order valence-corrected chi connectivity index (χ1v) is 5.95. The first kappa shape index (κ1) is 15.9. The van der Waals surface area contributed by atoms with Gasteiger partial charge in [0.15, 0.2) is 0 Å². The SMILES string of the molecule is CNc1nc(Nc2cnn(C(F)F)c2C)ncc1C(F)(F)F. The number of rotatable bonds is 4. The minimum absolute atomic E-state index is 0.101. The Balaban J connectivity index is 2.31. The Bertz CT molecular complexity index is 665. The van der Waals surface area contributed by atoms with Crippen LogP contribution in [0.2, 0.25) is 0 Å². The molecule has 0 atom stereocenters. The molecule has 0 aliphatic rings. The molecule has 2 aromatic heterocycles. The largest absolute Gasteiger partial charge is 0.421 e. The average Bonchev–Trinajstić information content (AvgIpc) is 2.79. The van der Waals surface area contributed by atoms with E-state index in [-0.39, 0.29) is 17.3 Å². The van der Waals surface area contributed by atoms with Gasteiger partial charge in [-0.15, -0.1) is 0 Å². The Morgan fingerprint density at radius 2 is 1.91 bits per heavy atom. The zero-order chi connectivity index (χ0) is 16.5. The summed E-state index contributed by atoms with van der Waals surface area (Å²) in [4.78, 5) is 7.21. The van der Waals surface area contributed by atoms with Crippen molar-refractivity contribution < 1.29 is 22.0 Å². The van der Waals surface area contributed by atoms with Crippen LogP contribution in [0.25, 0.3) is 0 Å². The van der Waals surface area contributed by atoms with Gasteiger partial charge in [0.25, 0.3) is 0 Å². The molecule has 0 saturated carbocycles. The number of nitrogens with zero attached hydrogens (tertiary/aromatic N) is 4. The van der Waals surface area contributed by atoms with Gasteiger partial charge in [-0.2, -0.15) is 32.0 Å². The van der Waals surface area contributed by atoms with E-state index in [0.717, 1.165) is 6.20 Å². The summed E-state index contributed by atoms with van der Waals surface area (Å²) in [6, 6.07) is 0. The average molecular weight is 322 g/mol. The third kappa shape index (κ3) is 3.07. The fourth-order valence-corrected chi connectivity index (χ4v) is 1.70. The van der Waals surface area contributed by atoms with Crippen molar-refractivity contribution in [1.29, 1.82) is 0 Å². The number of hydrogen-bond acceptors (Lipinski definition) is 5. The Hall–Kier alpha value is -2.46. The summed E-state index contributed by atoms with van der Waals surface area (Å²) in [5.74, 6) is -0.599. The molecule has 2 rings (SSSR count). The normalized spacial score (nSPS) is 11.8. The minimum Gasteiger partial charge on any atom is -0.372 e. The van der Waals surface area contributed by atoms with Crippen LogP contribution in [0.3, 0.4) is 0 Å². The van der Waals surface area contributed by atoms with Gasteiger partial charge in [-0.1, -0.05) is 0 Å². The molecule has 0 bridgehead atoms. The van der Waals surface area contributed by atoms with Crippen LogP contribution in [0, 0.1) is 6.92 Å². The summed E-state index contributed by atoms with van der Waals surface area (Å²) < 4.78 is 63.8. The van der Waals surface area contributed by atoms with E-state index in [4.69, 9.17) is 0 Å². The zero-order valence-electron chi connectivity index (χ0n) is 11.4. The third-order valence-corrected chi connectivity index (χ3v) is 2.81. The van der Waals surface area contributed by atoms with Crippen molar-refractivity contribution in [3.63, 3.8) is 0 Å². The molecule has 0 saturated heterocycles. The van der Waals surface area contributed by atoms with Gasteiger partial charge >= 0.3 is 12.7 Å².